The van der Waals surface area contributed by atoms with Crippen LogP contribution in [-0.2, 0) is 4.79 Å². The molecule has 1 aromatic heterocycles. The zero-order valence-corrected chi connectivity index (χ0v) is 15.5. The highest BCUT2D eigenvalue weighted by Crippen LogP contribution is 2.25. The van der Waals surface area contributed by atoms with E-state index < -0.39 is 23.7 Å². The van der Waals surface area contributed by atoms with Gasteiger partial charge in [0.25, 0.3) is 5.91 Å². The molecule has 0 fully saturated rings. The molecule has 0 aliphatic carbocycles. The van der Waals surface area contributed by atoms with E-state index in [1.807, 2.05) is 0 Å². The SMILES string of the molecule is Cc1oc(-c2ccccc2F)nc1C(=O)NC(CC(=O)O)c1cccc(Cl)c1. The molecule has 0 aliphatic rings. The number of carbonyl (C=O) groups is 2. The van der Waals surface area contributed by atoms with E-state index in [0.717, 1.165) is 0 Å². The fourth-order valence-corrected chi connectivity index (χ4v) is 2.93. The highest BCUT2D eigenvalue weighted by atomic mass is 35.5. The Bertz CT molecular complexity index is 1030. The minimum Gasteiger partial charge on any atom is -0.481 e. The maximum absolute atomic E-state index is 14.0. The molecular formula is C20H16ClFN2O4. The normalized spacial score (nSPS) is 11.8. The molecule has 0 radical (unpaired) electrons. The lowest BCUT2D eigenvalue weighted by Crippen LogP contribution is -2.30. The smallest absolute Gasteiger partial charge is 0.305 e. The molecule has 0 aliphatic heterocycles. The molecule has 0 bridgehead atoms. The van der Waals surface area contributed by atoms with Crippen molar-refractivity contribution in [1.29, 1.82) is 0 Å². The van der Waals surface area contributed by atoms with Crippen LogP contribution >= 0.6 is 11.6 Å². The van der Waals surface area contributed by atoms with Crippen LogP contribution in [0.3, 0.4) is 0 Å². The molecule has 1 amide bonds. The van der Waals surface area contributed by atoms with Crippen LogP contribution in [0.15, 0.2) is 52.9 Å². The first-order chi connectivity index (χ1) is 13.3. The van der Waals surface area contributed by atoms with Crippen molar-refractivity contribution in [3.63, 3.8) is 0 Å². The summed E-state index contributed by atoms with van der Waals surface area (Å²) in [5, 5.41) is 12.2. The van der Waals surface area contributed by atoms with Crippen molar-refractivity contribution < 1.29 is 23.5 Å². The number of nitrogens with one attached hydrogen (secondary N) is 1. The average Bonchev–Trinajstić information content (AvgIpc) is 3.03. The van der Waals surface area contributed by atoms with E-state index in [9.17, 15) is 19.1 Å². The summed E-state index contributed by atoms with van der Waals surface area (Å²) < 4.78 is 19.4. The van der Waals surface area contributed by atoms with Gasteiger partial charge in [-0.3, -0.25) is 9.59 Å². The molecule has 0 saturated carbocycles. The largest absolute Gasteiger partial charge is 0.481 e. The maximum atomic E-state index is 14.0. The second-order valence-corrected chi connectivity index (χ2v) is 6.52. The van der Waals surface area contributed by atoms with Gasteiger partial charge in [-0.15, -0.1) is 0 Å². The number of carboxylic acids is 1. The van der Waals surface area contributed by atoms with Gasteiger partial charge < -0.3 is 14.8 Å². The van der Waals surface area contributed by atoms with Gasteiger partial charge in [-0.2, -0.15) is 0 Å². The van der Waals surface area contributed by atoms with Crippen molar-refractivity contribution in [2.75, 3.05) is 0 Å². The molecule has 144 valence electrons. The van der Waals surface area contributed by atoms with E-state index in [0.29, 0.717) is 10.6 Å². The minimum atomic E-state index is -1.09. The second kappa shape index (κ2) is 8.22. The minimum absolute atomic E-state index is 0.0294. The summed E-state index contributed by atoms with van der Waals surface area (Å²) in [6.45, 7) is 1.53. The zero-order valence-electron chi connectivity index (χ0n) is 14.8. The summed E-state index contributed by atoms with van der Waals surface area (Å²) in [7, 11) is 0. The number of benzene rings is 2. The van der Waals surface area contributed by atoms with Gasteiger partial charge in [-0.1, -0.05) is 35.9 Å². The number of carboxylic acid groups (broad SMARTS) is 1. The number of hydrogen-bond donors (Lipinski definition) is 2. The van der Waals surface area contributed by atoms with E-state index >= 15 is 0 Å². The summed E-state index contributed by atoms with van der Waals surface area (Å²) in [4.78, 5) is 28.0. The number of halogens is 2. The third kappa shape index (κ3) is 4.37. The van der Waals surface area contributed by atoms with Gasteiger partial charge in [0, 0.05) is 5.02 Å². The summed E-state index contributed by atoms with van der Waals surface area (Å²) in [5.41, 5.74) is 0.621. The Labute approximate surface area is 165 Å². The van der Waals surface area contributed by atoms with Crippen LogP contribution in [0.25, 0.3) is 11.5 Å². The highest BCUT2D eigenvalue weighted by molar-refractivity contribution is 6.30. The third-order valence-corrected chi connectivity index (χ3v) is 4.29. The molecule has 1 unspecified atom stereocenters. The Balaban J connectivity index is 1.88. The average molecular weight is 403 g/mol. The number of hydrogen-bond acceptors (Lipinski definition) is 4. The van der Waals surface area contributed by atoms with E-state index in [1.165, 1.54) is 25.1 Å². The predicted octanol–water partition coefficient (Wildman–Crippen LogP) is 4.39. The molecule has 1 atom stereocenters. The van der Waals surface area contributed by atoms with E-state index in [1.54, 1.807) is 30.3 Å². The van der Waals surface area contributed by atoms with Crippen LogP contribution in [0.1, 0.15) is 34.3 Å². The van der Waals surface area contributed by atoms with Gasteiger partial charge in [-0.05, 0) is 36.8 Å². The highest BCUT2D eigenvalue weighted by Gasteiger charge is 2.24. The summed E-state index contributed by atoms with van der Waals surface area (Å²) in [5.74, 6) is -2.09. The monoisotopic (exact) mass is 402 g/mol. The second-order valence-electron chi connectivity index (χ2n) is 6.08. The van der Waals surface area contributed by atoms with Gasteiger partial charge in [-0.25, -0.2) is 9.37 Å². The van der Waals surface area contributed by atoms with Crippen molar-refractivity contribution in [1.82, 2.24) is 10.3 Å². The number of nitrogens with zero attached hydrogens (tertiary/aromatic N) is 1. The third-order valence-electron chi connectivity index (χ3n) is 4.05. The Kier molecular flexibility index (Phi) is 5.75. The summed E-state index contributed by atoms with van der Waals surface area (Å²) >= 11 is 5.97. The van der Waals surface area contributed by atoms with Crippen LogP contribution in [0.2, 0.25) is 5.02 Å². The van der Waals surface area contributed by atoms with Gasteiger partial charge in [0.05, 0.1) is 18.0 Å². The van der Waals surface area contributed by atoms with Crippen molar-refractivity contribution in [2.45, 2.75) is 19.4 Å². The first-order valence-corrected chi connectivity index (χ1v) is 8.73. The number of aromatic nitrogens is 1. The zero-order chi connectivity index (χ0) is 20.3. The standard InChI is InChI=1S/C20H16ClFN2O4/c1-11-18(24-20(28-11)14-7-2-3-8-15(14)22)19(27)23-16(10-17(25)26)12-5-4-6-13(21)9-12/h2-9,16H,10H2,1H3,(H,23,27)(H,25,26). The first-order valence-electron chi connectivity index (χ1n) is 8.35. The number of aryl methyl sites for hydroxylation is 1. The van der Waals surface area contributed by atoms with Crippen LogP contribution in [0, 0.1) is 12.7 Å². The molecular weight excluding hydrogens is 387 g/mol. The van der Waals surface area contributed by atoms with Crippen molar-refractivity contribution in [2.24, 2.45) is 0 Å². The number of aliphatic carboxylic acids is 1. The Morgan fingerprint density at radius 1 is 1.25 bits per heavy atom. The Hall–Kier alpha value is -3.19. The van der Waals surface area contributed by atoms with Crippen LogP contribution in [-0.4, -0.2) is 22.0 Å². The Morgan fingerprint density at radius 2 is 2.00 bits per heavy atom. The quantitative estimate of drug-likeness (QED) is 0.638. The van der Waals surface area contributed by atoms with E-state index in [4.69, 9.17) is 16.0 Å². The van der Waals surface area contributed by atoms with E-state index in [2.05, 4.69) is 10.3 Å². The Morgan fingerprint density at radius 3 is 2.68 bits per heavy atom. The summed E-state index contributed by atoms with van der Waals surface area (Å²) in [6.07, 6.45) is -0.344. The lowest BCUT2D eigenvalue weighted by molar-refractivity contribution is -0.137. The van der Waals surface area contributed by atoms with Gasteiger partial charge in [0.15, 0.2) is 5.69 Å². The van der Waals surface area contributed by atoms with Gasteiger partial charge in [0.1, 0.15) is 11.6 Å². The molecule has 2 aromatic carbocycles. The summed E-state index contributed by atoms with van der Waals surface area (Å²) in [6, 6.07) is 11.6. The molecule has 3 rings (SSSR count). The molecule has 6 nitrogen and oxygen atoms in total. The number of oxazole rings is 1. The molecule has 1 heterocycles. The van der Waals surface area contributed by atoms with Gasteiger partial charge >= 0.3 is 5.97 Å². The molecule has 2 N–H and O–H groups in total. The number of carbonyl (C=O) groups excluding carboxylic acids is 1. The number of rotatable bonds is 6. The maximum Gasteiger partial charge on any atom is 0.305 e. The lowest BCUT2D eigenvalue weighted by Gasteiger charge is -2.17. The van der Waals surface area contributed by atoms with Crippen molar-refractivity contribution in [3.8, 4) is 11.5 Å². The van der Waals surface area contributed by atoms with Gasteiger partial charge in [0.2, 0.25) is 5.89 Å². The van der Waals surface area contributed by atoms with E-state index in [-0.39, 0.29) is 29.3 Å². The molecule has 0 spiro atoms. The molecule has 3 aromatic rings. The first kappa shape index (κ1) is 19.6. The fourth-order valence-electron chi connectivity index (χ4n) is 2.73. The van der Waals surface area contributed by atoms with Crippen molar-refractivity contribution >= 4 is 23.5 Å². The molecule has 8 heteroatoms. The van der Waals surface area contributed by atoms with Crippen LogP contribution in [0.4, 0.5) is 4.39 Å². The predicted molar refractivity (Wildman–Crippen MR) is 101 cm³/mol. The lowest BCUT2D eigenvalue weighted by atomic mass is 10.0. The molecule has 28 heavy (non-hydrogen) atoms. The van der Waals surface area contributed by atoms with Crippen molar-refractivity contribution in [3.05, 3.63) is 76.4 Å². The fraction of sp³-hybridized carbons (Fsp3) is 0.150. The topological polar surface area (TPSA) is 92.4 Å². The van der Waals surface area contributed by atoms with Crippen LogP contribution in [0.5, 0.6) is 0 Å². The van der Waals surface area contributed by atoms with Crippen LogP contribution < -0.4 is 5.32 Å². The molecule has 0 saturated heterocycles. The number of amides is 1.